The van der Waals surface area contributed by atoms with Crippen molar-refractivity contribution in [1.29, 1.82) is 0 Å². The number of hydrogen-bond donors (Lipinski definition) is 0. The van der Waals surface area contributed by atoms with Crippen molar-refractivity contribution in [3.63, 3.8) is 0 Å². The quantitative estimate of drug-likeness (QED) is 0.541. The lowest BCUT2D eigenvalue weighted by atomic mass is 9.97. The van der Waals surface area contributed by atoms with Crippen LogP contribution in [0, 0.1) is 5.92 Å². The van der Waals surface area contributed by atoms with E-state index in [0.717, 1.165) is 24.2 Å². The fourth-order valence-electron chi connectivity index (χ4n) is 4.05. The number of imide groups is 1. The third-order valence-electron chi connectivity index (χ3n) is 5.99. The van der Waals surface area contributed by atoms with Crippen molar-refractivity contribution in [3.8, 4) is 0 Å². The van der Waals surface area contributed by atoms with Crippen LogP contribution in [-0.2, 0) is 14.3 Å². The average Bonchev–Trinajstić information content (AvgIpc) is 2.98. The van der Waals surface area contributed by atoms with Gasteiger partial charge in [0.05, 0.1) is 11.1 Å². The molecule has 2 heterocycles. The first-order valence-electron chi connectivity index (χ1n) is 10.3. The third kappa shape index (κ3) is 4.04. The molecule has 3 rings (SSSR count). The molecule has 7 heteroatoms. The van der Waals surface area contributed by atoms with E-state index in [1.54, 1.807) is 36.1 Å². The predicted molar refractivity (Wildman–Crippen MR) is 106 cm³/mol. The number of ether oxygens (including phenoxy) is 1. The fourth-order valence-corrected chi connectivity index (χ4v) is 4.05. The summed E-state index contributed by atoms with van der Waals surface area (Å²) in [5.41, 5.74) is 0.577. The topological polar surface area (TPSA) is 84.0 Å². The highest BCUT2D eigenvalue weighted by molar-refractivity contribution is 6.22. The van der Waals surface area contributed by atoms with Gasteiger partial charge in [0.25, 0.3) is 17.7 Å². The average molecular weight is 400 g/mol. The zero-order valence-corrected chi connectivity index (χ0v) is 17.2. The van der Waals surface area contributed by atoms with Crippen molar-refractivity contribution < 1.29 is 23.9 Å². The van der Waals surface area contributed by atoms with E-state index < -0.39 is 23.8 Å². The number of likely N-dealkylation sites (tertiary alicyclic amines) is 1. The molecule has 2 aliphatic heterocycles. The number of hydrogen-bond acceptors (Lipinski definition) is 5. The van der Waals surface area contributed by atoms with Crippen molar-refractivity contribution in [2.45, 2.75) is 58.5 Å². The number of esters is 1. The molecule has 1 aromatic rings. The summed E-state index contributed by atoms with van der Waals surface area (Å²) in [5, 5.41) is 0. The van der Waals surface area contributed by atoms with Crippen LogP contribution in [0.1, 0.15) is 67.2 Å². The molecule has 0 saturated carbocycles. The van der Waals surface area contributed by atoms with Gasteiger partial charge in [-0.1, -0.05) is 32.4 Å². The molecule has 1 saturated heterocycles. The Hall–Kier alpha value is -2.70. The Balaban J connectivity index is 1.74. The van der Waals surface area contributed by atoms with Crippen molar-refractivity contribution in [1.82, 2.24) is 9.80 Å². The first-order chi connectivity index (χ1) is 13.9. The normalized spacial score (nSPS) is 21.0. The minimum atomic E-state index is -1.06. The summed E-state index contributed by atoms with van der Waals surface area (Å²) in [6.45, 7) is 5.94. The molecular weight excluding hydrogens is 372 g/mol. The van der Waals surface area contributed by atoms with Crippen LogP contribution in [0.25, 0.3) is 0 Å². The van der Waals surface area contributed by atoms with Gasteiger partial charge in [-0.05, 0) is 44.2 Å². The number of nitrogens with zero attached hydrogens (tertiary/aromatic N) is 2. The summed E-state index contributed by atoms with van der Waals surface area (Å²) in [5.74, 6) is -2.25. The van der Waals surface area contributed by atoms with Crippen LogP contribution >= 0.6 is 0 Å². The van der Waals surface area contributed by atoms with E-state index in [0.29, 0.717) is 13.0 Å². The summed E-state index contributed by atoms with van der Waals surface area (Å²) in [4.78, 5) is 53.8. The monoisotopic (exact) mass is 400 g/mol. The lowest BCUT2D eigenvalue weighted by molar-refractivity contribution is -0.157. The van der Waals surface area contributed by atoms with E-state index in [1.807, 2.05) is 13.8 Å². The molecule has 3 amide bonds. The van der Waals surface area contributed by atoms with Crippen molar-refractivity contribution in [3.05, 3.63) is 35.4 Å². The van der Waals surface area contributed by atoms with Gasteiger partial charge in [-0.2, -0.15) is 0 Å². The second-order valence-corrected chi connectivity index (χ2v) is 7.90. The maximum atomic E-state index is 12.9. The van der Waals surface area contributed by atoms with Crippen LogP contribution in [0.5, 0.6) is 0 Å². The molecule has 156 valence electrons. The minimum absolute atomic E-state index is 0.122. The molecule has 2 aliphatic rings. The van der Waals surface area contributed by atoms with Crippen LogP contribution in [0.15, 0.2) is 24.3 Å². The Kier molecular flexibility index (Phi) is 6.35. The molecule has 3 atom stereocenters. The SMILES string of the molecule is CCC(C)C(C(=O)OCC(=O)N1CCCCC1C)N1C(=O)c2ccccc2C1=O. The Morgan fingerprint density at radius 1 is 1.14 bits per heavy atom. The molecule has 0 bridgehead atoms. The van der Waals surface area contributed by atoms with Crippen LogP contribution < -0.4 is 0 Å². The molecule has 0 N–H and O–H groups in total. The van der Waals surface area contributed by atoms with E-state index in [9.17, 15) is 19.2 Å². The fraction of sp³-hybridized carbons (Fsp3) is 0.545. The Morgan fingerprint density at radius 2 is 1.76 bits per heavy atom. The molecule has 1 aromatic carbocycles. The summed E-state index contributed by atoms with van der Waals surface area (Å²) < 4.78 is 5.32. The maximum absolute atomic E-state index is 12.9. The van der Waals surface area contributed by atoms with Crippen molar-refractivity contribution in [2.75, 3.05) is 13.2 Å². The zero-order valence-electron chi connectivity index (χ0n) is 17.2. The highest BCUT2D eigenvalue weighted by Gasteiger charge is 2.45. The van der Waals surface area contributed by atoms with Crippen molar-refractivity contribution >= 4 is 23.7 Å². The predicted octanol–water partition coefficient (Wildman–Crippen LogP) is 2.64. The Labute approximate surface area is 171 Å². The van der Waals surface area contributed by atoms with Gasteiger partial charge in [0.1, 0.15) is 6.04 Å². The third-order valence-corrected chi connectivity index (χ3v) is 5.99. The van der Waals surface area contributed by atoms with Gasteiger partial charge in [-0.15, -0.1) is 0 Å². The lowest BCUT2D eigenvalue weighted by Crippen LogP contribution is -2.50. The summed E-state index contributed by atoms with van der Waals surface area (Å²) >= 11 is 0. The molecule has 0 aliphatic carbocycles. The highest BCUT2D eigenvalue weighted by Crippen LogP contribution is 2.28. The number of piperidine rings is 1. The maximum Gasteiger partial charge on any atom is 0.330 e. The van der Waals surface area contributed by atoms with E-state index in [-0.39, 0.29) is 35.6 Å². The molecule has 0 radical (unpaired) electrons. The van der Waals surface area contributed by atoms with Gasteiger partial charge < -0.3 is 9.64 Å². The largest absolute Gasteiger partial charge is 0.454 e. The number of rotatable bonds is 6. The number of amides is 3. The first kappa shape index (κ1) is 21.0. The van der Waals surface area contributed by atoms with E-state index in [2.05, 4.69) is 0 Å². The molecule has 3 unspecified atom stereocenters. The highest BCUT2D eigenvalue weighted by atomic mass is 16.5. The second-order valence-electron chi connectivity index (χ2n) is 7.90. The van der Waals surface area contributed by atoms with Gasteiger partial charge in [-0.3, -0.25) is 19.3 Å². The van der Waals surface area contributed by atoms with Gasteiger partial charge in [0, 0.05) is 12.6 Å². The summed E-state index contributed by atoms with van der Waals surface area (Å²) in [6, 6.07) is 5.59. The molecule has 1 fully saturated rings. The molecule has 0 spiro atoms. The van der Waals surface area contributed by atoms with Crippen molar-refractivity contribution in [2.24, 2.45) is 5.92 Å². The van der Waals surface area contributed by atoms with Crippen LogP contribution in [-0.4, -0.2) is 58.7 Å². The molecular formula is C22H28N2O5. The minimum Gasteiger partial charge on any atom is -0.454 e. The first-order valence-corrected chi connectivity index (χ1v) is 10.3. The summed E-state index contributed by atoms with van der Waals surface area (Å²) in [6.07, 6.45) is 3.53. The van der Waals surface area contributed by atoms with Gasteiger partial charge in [0.15, 0.2) is 6.61 Å². The van der Waals surface area contributed by atoms with Crippen LogP contribution in [0.3, 0.4) is 0 Å². The smallest absolute Gasteiger partial charge is 0.330 e. The van der Waals surface area contributed by atoms with Crippen LogP contribution in [0.2, 0.25) is 0 Å². The standard InChI is InChI=1S/C22H28N2O5/c1-4-14(2)19(24-20(26)16-10-5-6-11-17(16)21(24)27)22(28)29-13-18(25)23-12-8-7-9-15(23)3/h5-6,10-11,14-15,19H,4,7-9,12-13H2,1-3H3. The summed E-state index contributed by atoms with van der Waals surface area (Å²) in [7, 11) is 0. The lowest BCUT2D eigenvalue weighted by Gasteiger charge is -2.33. The van der Waals surface area contributed by atoms with E-state index in [1.165, 1.54) is 0 Å². The molecule has 0 aromatic heterocycles. The number of carbonyl (C=O) groups excluding carboxylic acids is 4. The Morgan fingerprint density at radius 3 is 2.31 bits per heavy atom. The number of fused-ring (bicyclic) bond motifs is 1. The van der Waals surface area contributed by atoms with Gasteiger partial charge in [-0.25, -0.2) is 4.79 Å². The second kappa shape index (κ2) is 8.76. The zero-order chi connectivity index (χ0) is 21.1. The van der Waals surface area contributed by atoms with Crippen LogP contribution in [0.4, 0.5) is 0 Å². The molecule has 29 heavy (non-hydrogen) atoms. The van der Waals surface area contributed by atoms with E-state index in [4.69, 9.17) is 4.74 Å². The Bertz CT molecular complexity index is 786. The number of benzene rings is 1. The van der Waals surface area contributed by atoms with Gasteiger partial charge in [0.2, 0.25) is 0 Å². The number of carbonyl (C=O) groups is 4. The van der Waals surface area contributed by atoms with Gasteiger partial charge >= 0.3 is 5.97 Å². The molecule has 7 nitrogen and oxygen atoms in total. The van der Waals surface area contributed by atoms with E-state index >= 15 is 0 Å².